The molecule has 0 aliphatic carbocycles. The van der Waals surface area contributed by atoms with E-state index in [9.17, 15) is 14.4 Å². The van der Waals surface area contributed by atoms with E-state index in [1.165, 1.54) is 0 Å². The van der Waals surface area contributed by atoms with Gasteiger partial charge in [0.05, 0.1) is 11.8 Å². The molecule has 0 aromatic heterocycles. The molecule has 6 nitrogen and oxygen atoms in total. The molecule has 0 bridgehead atoms. The summed E-state index contributed by atoms with van der Waals surface area (Å²) in [6, 6.07) is 0. The number of piperidine rings is 1. The van der Waals surface area contributed by atoms with E-state index in [4.69, 9.17) is 5.11 Å². The number of carboxylic acids is 1. The molecule has 0 aromatic rings. The molecule has 1 aliphatic heterocycles. The van der Waals surface area contributed by atoms with Crippen LogP contribution in [-0.2, 0) is 14.4 Å². The van der Waals surface area contributed by atoms with Crippen LogP contribution in [0.5, 0.6) is 0 Å². The van der Waals surface area contributed by atoms with E-state index >= 15 is 0 Å². The number of amides is 2. The number of rotatable bonds is 6. The minimum atomic E-state index is -0.924. The van der Waals surface area contributed by atoms with Gasteiger partial charge in [-0.15, -0.1) is 0 Å². The average molecular weight is 298 g/mol. The summed E-state index contributed by atoms with van der Waals surface area (Å²) in [6.45, 7) is 6.71. The van der Waals surface area contributed by atoms with Crippen LogP contribution >= 0.6 is 0 Å². The molecule has 0 saturated carbocycles. The minimum absolute atomic E-state index is 0.0150. The summed E-state index contributed by atoms with van der Waals surface area (Å²) in [7, 11) is 0. The topological polar surface area (TPSA) is 86.7 Å². The first kappa shape index (κ1) is 17.5. The van der Waals surface area contributed by atoms with E-state index in [0.717, 1.165) is 19.3 Å². The maximum Gasteiger partial charge on any atom is 0.308 e. The summed E-state index contributed by atoms with van der Waals surface area (Å²) in [5, 5.41) is 11.5. The Morgan fingerprint density at radius 2 is 1.95 bits per heavy atom. The normalized spacial score (nSPS) is 21.5. The van der Waals surface area contributed by atoms with Gasteiger partial charge in [0.15, 0.2) is 0 Å². The molecule has 1 saturated heterocycles. The molecule has 1 aliphatic rings. The first-order valence-corrected chi connectivity index (χ1v) is 7.66. The summed E-state index contributed by atoms with van der Waals surface area (Å²) < 4.78 is 0. The lowest BCUT2D eigenvalue weighted by Crippen LogP contribution is -2.47. The second-order valence-electron chi connectivity index (χ2n) is 5.92. The maximum absolute atomic E-state index is 12.2. The van der Waals surface area contributed by atoms with Crippen molar-refractivity contribution in [2.24, 2.45) is 17.8 Å². The van der Waals surface area contributed by atoms with E-state index in [-0.39, 0.29) is 30.2 Å². The number of nitrogens with zero attached hydrogens (tertiary/aromatic N) is 1. The van der Waals surface area contributed by atoms with Gasteiger partial charge in [0, 0.05) is 25.6 Å². The van der Waals surface area contributed by atoms with Crippen molar-refractivity contribution in [1.29, 1.82) is 0 Å². The van der Waals surface area contributed by atoms with Gasteiger partial charge in [0.25, 0.3) is 0 Å². The van der Waals surface area contributed by atoms with Crippen molar-refractivity contribution in [3.63, 3.8) is 0 Å². The van der Waals surface area contributed by atoms with Crippen molar-refractivity contribution in [3.8, 4) is 0 Å². The predicted octanol–water partition coefficient (Wildman–Crippen LogP) is 1.11. The van der Waals surface area contributed by atoms with Crippen LogP contribution in [0.15, 0.2) is 0 Å². The Kier molecular flexibility index (Phi) is 6.65. The molecule has 6 heteroatoms. The number of hydrogen-bond donors (Lipinski definition) is 2. The molecule has 3 atom stereocenters. The van der Waals surface area contributed by atoms with Gasteiger partial charge in [-0.05, 0) is 19.3 Å². The standard InChI is InChI=1S/C15H26N2O4/c1-4-10(2)14(19)17-7-5-6-12(9-17)13(18)16-8-11(3)15(20)21/h10-12H,4-9H2,1-3H3,(H,16,18)(H,20,21). The molecule has 120 valence electrons. The van der Waals surface area contributed by atoms with Crippen molar-refractivity contribution in [3.05, 3.63) is 0 Å². The van der Waals surface area contributed by atoms with Crippen molar-refractivity contribution < 1.29 is 19.5 Å². The zero-order valence-corrected chi connectivity index (χ0v) is 13.1. The minimum Gasteiger partial charge on any atom is -0.481 e. The zero-order valence-electron chi connectivity index (χ0n) is 13.1. The molecule has 2 N–H and O–H groups in total. The largest absolute Gasteiger partial charge is 0.481 e. The quantitative estimate of drug-likeness (QED) is 0.769. The fraction of sp³-hybridized carbons (Fsp3) is 0.800. The number of carboxylic acid groups (broad SMARTS) is 1. The maximum atomic E-state index is 12.2. The van der Waals surface area contributed by atoms with Crippen LogP contribution in [0, 0.1) is 17.8 Å². The third-order valence-corrected chi connectivity index (χ3v) is 4.14. The Morgan fingerprint density at radius 3 is 2.52 bits per heavy atom. The second-order valence-corrected chi connectivity index (χ2v) is 5.92. The van der Waals surface area contributed by atoms with E-state index < -0.39 is 11.9 Å². The van der Waals surface area contributed by atoms with Crippen molar-refractivity contribution >= 4 is 17.8 Å². The summed E-state index contributed by atoms with van der Waals surface area (Å²) in [5.41, 5.74) is 0. The third-order valence-electron chi connectivity index (χ3n) is 4.14. The number of likely N-dealkylation sites (tertiary alicyclic amines) is 1. The van der Waals surface area contributed by atoms with E-state index in [1.807, 2.05) is 13.8 Å². The highest BCUT2D eigenvalue weighted by Crippen LogP contribution is 2.19. The Bertz CT molecular complexity index is 397. The van der Waals surface area contributed by atoms with Gasteiger partial charge < -0.3 is 15.3 Å². The lowest BCUT2D eigenvalue weighted by Gasteiger charge is -2.33. The molecule has 0 aromatic carbocycles. The second kappa shape index (κ2) is 8.00. The first-order chi connectivity index (χ1) is 9.86. The van der Waals surface area contributed by atoms with Crippen LogP contribution in [0.4, 0.5) is 0 Å². The van der Waals surface area contributed by atoms with Crippen molar-refractivity contribution in [2.45, 2.75) is 40.0 Å². The van der Waals surface area contributed by atoms with Crippen LogP contribution < -0.4 is 5.32 Å². The highest BCUT2D eigenvalue weighted by Gasteiger charge is 2.30. The van der Waals surface area contributed by atoms with Crippen molar-refractivity contribution in [1.82, 2.24) is 10.2 Å². The summed E-state index contributed by atoms with van der Waals surface area (Å²) >= 11 is 0. The molecular weight excluding hydrogens is 272 g/mol. The zero-order chi connectivity index (χ0) is 16.0. The van der Waals surface area contributed by atoms with E-state index in [1.54, 1.807) is 11.8 Å². The molecule has 21 heavy (non-hydrogen) atoms. The van der Waals surface area contributed by atoms with Gasteiger partial charge in [-0.1, -0.05) is 20.8 Å². The third kappa shape index (κ3) is 5.02. The van der Waals surface area contributed by atoms with Crippen molar-refractivity contribution in [2.75, 3.05) is 19.6 Å². The van der Waals surface area contributed by atoms with Gasteiger partial charge >= 0.3 is 5.97 Å². The molecule has 0 spiro atoms. The molecule has 2 amide bonds. The Balaban J connectivity index is 2.50. The molecule has 1 fully saturated rings. The smallest absolute Gasteiger partial charge is 0.308 e. The molecule has 3 unspecified atom stereocenters. The number of aliphatic carboxylic acids is 1. The molecular formula is C15H26N2O4. The van der Waals surface area contributed by atoms with Crippen LogP contribution in [0.25, 0.3) is 0 Å². The monoisotopic (exact) mass is 298 g/mol. The van der Waals surface area contributed by atoms with Crippen LogP contribution in [0.3, 0.4) is 0 Å². The van der Waals surface area contributed by atoms with Gasteiger partial charge in [-0.3, -0.25) is 14.4 Å². The number of carbonyl (C=O) groups is 3. The molecule has 0 radical (unpaired) electrons. The Labute approximate surface area is 125 Å². The highest BCUT2D eigenvalue weighted by atomic mass is 16.4. The van der Waals surface area contributed by atoms with E-state index in [2.05, 4.69) is 5.32 Å². The number of carbonyl (C=O) groups excluding carboxylic acids is 2. The fourth-order valence-corrected chi connectivity index (χ4v) is 2.36. The van der Waals surface area contributed by atoms with Gasteiger partial charge in [0.1, 0.15) is 0 Å². The SMILES string of the molecule is CCC(C)C(=O)N1CCCC(C(=O)NCC(C)C(=O)O)C1. The van der Waals surface area contributed by atoms with Gasteiger partial charge in [-0.2, -0.15) is 0 Å². The highest BCUT2D eigenvalue weighted by molar-refractivity contribution is 5.82. The lowest BCUT2D eigenvalue weighted by atomic mass is 9.95. The summed E-state index contributed by atoms with van der Waals surface area (Å²) in [4.78, 5) is 36.8. The van der Waals surface area contributed by atoms with Crippen LogP contribution in [0.2, 0.25) is 0 Å². The molecule has 1 heterocycles. The number of hydrogen-bond acceptors (Lipinski definition) is 3. The predicted molar refractivity (Wildman–Crippen MR) is 78.6 cm³/mol. The summed E-state index contributed by atoms with van der Waals surface area (Å²) in [5.74, 6) is -1.81. The summed E-state index contributed by atoms with van der Waals surface area (Å²) in [6.07, 6.45) is 2.36. The van der Waals surface area contributed by atoms with Gasteiger partial charge in [0.2, 0.25) is 11.8 Å². The van der Waals surface area contributed by atoms with Gasteiger partial charge in [-0.25, -0.2) is 0 Å². The van der Waals surface area contributed by atoms with Crippen LogP contribution in [-0.4, -0.2) is 47.4 Å². The average Bonchev–Trinajstić information content (AvgIpc) is 2.50. The number of nitrogens with one attached hydrogen (secondary N) is 1. The molecule has 1 rings (SSSR count). The lowest BCUT2D eigenvalue weighted by molar-refractivity contribution is -0.141. The van der Waals surface area contributed by atoms with Crippen LogP contribution in [0.1, 0.15) is 40.0 Å². The first-order valence-electron chi connectivity index (χ1n) is 7.66. The Morgan fingerprint density at radius 1 is 1.29 bits per heavy atom. The fourth-order valence-electron chi connectivity index (χ4n) is 2.36. The Hall–Kier alpha value is -1.59. The van der Waals surface area contributed by atoms with E-state index in [0.29, 0.717) is 13.1 Å².